The quantitative estimate of drug-likeness (QED) is 0.737. The van der Waals surface area contributed by atoms with Gasteiger partial charge in [-0.2, -0.15) is 0 Å². The zero-order valence-electron chi connectivity index (χ0n) is 12.7. The number of hydrogen-bond acceptors (Lipinski definition) is 3. The fourth-order valence-electron chi connectivity index (χ4n) is 2.90. The minimum atomic E-state index is 0.559. The third-order valence-corrected chi connectivity index (χ3v) is 4.53. The molecule has 0 amide bonds. The molecule has 0 bridgehead atoms. The SMILES string of the molecule is C=C(c1ccc2nccn2c1)c1cnc(C2CCC2)nc1C. The lowest BCUT2D eigenvalue weighted by Crippen LogP contribution is -2.13. The van der Waals surface area contributed by atoms with Crippen LogP contribution in [0.1, 0.15) is 47.8 Å². The van der Waals surface area contributed by atoms with E-state index in [1.54, 1.807) is 6.20 Å². The Balaban J connectivity index is 1.69. The molecule has 0 radical (unpaired) electrons. The predicted molar refractivity (Wildman–Crippen MR) is 86.7 cm³/mol. The molecule has 4 rings (SSSR count). The summed E-state index contributed by atoms with van der Waals surface area (Å²) in [4.78, 5) is 13.5. The van der Waals surface area contributed by atoms with Crippen LogP contribution in [0.3, 0.4) is 0 Å². The van der Waals surface area contributed by atoms with E-state index in [2.05, 4.69) is 16.5 Å². The third kappa shape index (κ3) is 2.11. The van der Waals surface area contributed by atoms with E-state index in [4.69, 9.17) is 4.98 Å². The Labute approximate surface area is 129 Å². The first-order valence-electron chi connectivity index (χ1n) is 7.68. The number of nitrogens with zero attached hydrogens (tertiary/aromatic N) is 4. The van der Waals surface area contributed by atoms with E-state index in [-0.39, 0.29) is 0 Å². The number of hydrogen-bond donors (Lipinski definition) is 0. The smallest absolute Gasteiger partial charge is 0.136 e. The Morgan fingerprint density at radius 3 is 2.86 bits per heavy atom. The second-order valence-electron chi connectivity index (χ2n) is 5.94. The van der Waals surface area contributed by atoms with Crippen molar-refractivity contribution in [1.29, 1.82) is 0 Å². The van der Waals surface area contributed by atoms with Crippen molar-refractivity contribution in [1.82, 2.24) is 19.4 Å². The van der Waals surface area contributed by atoms with Gasteiger partial charge in [-0.3, -0.25) is 0 Å². The molecule has 0 unspecified atom stereocenters. The van der Waals surface area contributed by atoms with E-state index in [0.717, 1.165) is 33.9 Å². The Hall–Kier alpha value is -2.49. The number of fused-ring (bicyclic) bond motifs is 1. The molecule has 1 saturated carbocycles. The van der Waals surface area contributed by atoms with Crippen molar-refractivity contribution in [3.05, 3.63) is 66.1 Å². The summed E-state index contributed by atoms with van der Waals surface area (Å²) in [6, 6.07) is 4.05. The lowest BCUT2D eigenvalue weighted by molar-refractivity contribution is 0.400. The molecular formula is C18H18N4. The first kappa shape index (κ1) is 13.2. The molecule has 1 aliphatic rings. The Bertz CT molecular complexity index is 858. The van der Waals surface area contributed by atoms with Gasteiger partial charge in [-0.1, -0.05) is 13.0 Å². The van der Waals surface area contributed by atoms with Crippen LogP contribution < -0.4 is 0 Å². The molecule has 0 spiro atoms. The summed E-state index contributed by atoms with van der Waals surface area (Å²) in [6.45, 7) is 6.28. The normalized spacial score (nSPS) is 15.0. The molecule has 0 N–H and O–H groups in total. The van der Waals surface area contributed by atoms with Crippen LogP contribution in [0, 0.1) is 6.92 Å². The topological polar surface area (TPSA) is 43.1 Å². The van der Waals surface area contributed by atoms with Crippen LogP contribution in [0.5, 0.6) is 0 Å². The highest BCUT2D eigenvalue weighted by atomic mass is 15.0. The van der Waals surface area contributed by atoms with Crippen molar-refractivity contribution in [2.45, 2.75) is 32.1 Å². The lowest BCUT2D eigenvalue weighted by atomic mass is 9.84. The first-order chi connectivity index (χ1) is 10.7. The Morgan fingerprint density at radius 2 is 2.14 bits per heavy atom. The van der Waals surface area contributed by atoms with E-state index >= 15 is 0 Å². The Morgan fingerprint density at radius 1 is 1.27 bits per heavy atom. The molecule has 0 atom stereocenters. The van der Waals surface area contributed by atoms with Gasteiger partial charge in [0.15, 0.2) is 0 Å². The van der Waals surface area contributed by atoms with Gasteiger partial charge in [0.05, 0.1) is 0 Å². The summed E-state index contributed by atoms with van der Waals surface area (Å²) in [6.07, 6.45) is 11.4. The van der Waals surface area contributed by atoms with Gasteiger partial charge in [-0.25, -0.2) is 15.0 Å². The van der Waals surface area contributed by atoms with Gasteiger partial charge in [0, 0.05) is 42.0 Å². The summed E-state index contributed by atoms with van der Waals surface area (Å²) in [5, 5.41) is 0. The van der Waals surface area contributed by atoms with E-state index < -0.39 is 0 Å². The van der Waals surface area contributed by atoms with Crippen LogP contribution in [0.4, 0.5) is 0 Å². The van der Waals surface area contributed by atoms with Gasteiger partial charge in [0.2, 0.25) is 0 Å². The summed E-state index contributed by atoms with van der Waals surface area (Å²) < 4.78 is 2.00. The third-order valence-electron chi connectivity index (χ3n) is 4.53. The zero-order chi connectivity index (χ0) is 15.1. The molecule has 3 aromatic rings. The number of rotatable bonds is 3. The standard InChI is InChI=1S/C18H18N4/c1-12(15-6-7-17-19-8-9-22(17)11-15)16-10-20-18(21-13(16)2)14-4-3-5-14/h6-11,14H,1,3-5H2,2H3. The maximum atomic E-state index is 4.70. The molecule has 4 nitrogen and oxygen atoms in total. The molecule has 3 heterocycles. The zero-order valence-corrected chi connectivity index (χ0v) is 12.7. The maximum absolute atomic E-state index is 4.70. The van der Waals surface area contributed by atoms with Gasteiger partial charge in [-0.05, 0) is 43.0 Å². The van der Waals surface area contributed by atoms with E-state index in [1.165, 1.54) is 19.3 Å². The molecule has 1 aliphatic carbocycles. The fraction of sp³-hybridized carbons (Fsp3) is 0.278. The minimum Gasteiger partial charge on any atom is -0.306 e. The lowest BCUT2D eigenvalue weighted by Gasteiger charge is -2.24. The number of aromatic nitrogens is 4. The molecule has 110 valence electrons. The van der Waals surface area contributed by atoms with Gasteiger partial charge in [0.1, 0.15) is 11.5 Å². The van der Waals surface area contributed by atoms with Crippen LogP contribution >= 0.6 is 0 Å². The molecule has 22 heavy (non-hydrogen) atoms. The Kier molecular flexibility index (Phi) is 3.03. The fourth-order valence-corrected chi connectivity index (χ4v) is 2.90. The largest absolute Gasteiger partial charge is 0.306 e. The maximum Gasteiger partial charge on any atom is 0.136 e. The van der Waals surface area contributed by atoms with Crippen LogP contribution in [0.2, 0.25) is 0 Å². The van der Waals surface area contributed by atoms with Gasteiger partial charge >= 0.3 is 0 Å². The van der Waals surface area contributed by atoms with E-state index in [0.29, 0.717) is 5.92 Å². The van der Waals surface area contributed by atoms with Crippen molar-refractivity contribution >= 4 is 11.2 Å². The first-order valence-corrected chi connectivity index (χ1v) is 7.68. The molecule has 0 aliphatic heterocycles. The molecule has 0 aromatic carbocycles. The van der Waals surface area contributed by atoms with Crippen LogP contribution in [-0.4, -0.2) is 19.4 Å². The van der Waals surface area contributed by atoms with Crippen molar-refractivity contribution in [3.8, 4) is 0 Å². The molecule has 4 heteroatoms. The number of aryl methyl sites for hydroxylation is 1. The summed E-state index contributed by atoms with van der Waals surface area (Å²) >= 11 is 0. The molecule has 1 fully saturated rings. The minimum absolute atomic E-state index is 0.559. The van der Waals surface area contributed by atoms with Crippen molar-refractivity contribution in [3.63, 3.8) is 0 Å². The number of pyridine rings is 1. The van der Waals surface area contributed by atoms with E-state index in [9.17, 15) is 0 Å². The monoisotopic (exact) mass is 290 g/mol. The van der Waals surface area contributed by atoms with E-state index in [1.807, 2.05) is 42.0 Å². The average molecular weight is 290 g/mol. The highest BCUT2D eigenvalue weighted by molar-refractivity contribution is 5.78. The van der Waals surface area contributed by atoms with Gasteiger partial charge < -0.3 is 4.40 Å². The van der Waals surface area contributed by atoms with Gasteiger partial charge in [0.25, 0.3) is 0 Å². The van der Waals surface area contributed by atoms with Crippen LogP contribution in [-0.2, 0) is 0 Å². The van der Waals surface area contributed by atoms with Crippen molar-refractivity contribution < 1.29 is 0 Å². The predicted octanol–water partition coefficient (Wildman–Crippen LogP) is 3.76. The second-order valence-corrected chi connectivity index (χ2v) is 5.94. The summed E-state index contributed by atoms with van der Waals surface area (Å²) in [5.41, 5.74) is 4.97. The average Bonchev–Trinajstić information content (AvgIpc) is 2.92. The second kappa shape index (κ2) is 5.05. The highest BCUT2D eigenvalue weighted by Crippen LogP contribution is 2.35. The molecule has 0 saturated heterocycles. The molecular weight excluding hydrogens is 272 g/mol. The number of imidazole rings is 1. The van der Waals surface area contributed by atoms with Crippen LogP contribution in [0.25, 0.3) is 11.2 Å². The highest BCUT2D eigenvalue weighted by Gasteiger charge is 2.23. The van der Waals surface area contributed by atoms with Gasteiger partial charge in [-0.15, -0.1) is 0 Å². The van der Waals surface area contributed by atoms with Crippen molar-refractivity contribution in [2.75, 3.05) is 0 Å². The molecule has 3 aromatic heterocycles. The summed E-state index contributed by atoms with van der Waals surface area (Å²) in [7, 11) is 0. The summed E-state index contributed by atoms with van der Waals surface area (Å²) in [5.74, 6) is 1.55. The van der Waals surface area contributed by atoms with Crippen LogP contribution in [0.15, 0.2) is 43.5 Å². The van der Waals surface area contributed by atoms with Crippen molar-refractivity contribution in [2.24, 2.45) is 0 Å².